The first-order valence-corrected chi connectivity index (χ1v) is 10.8. The van der Waals surface area contributed by atoms with Crippen molar-refractivity contribution in [3.63, 3.8) is 0 Å². The number of aromatic nitrogens is 4. The number of anilines is 1. The first kappa shape index (κ1) is 19.7. The van der Waals surface area contributed by atoms with Crippen molar-refractivity contribution < 1.29 is 14.3 Å². The second kappa shape index (κ2) is 8.89. The van der Waals surface area contributed by atoms with Crippen molar-refractivity contribution in [3.05, 3.63) is 42.6 Å². The monoisotopic (exact) mass is 422 g/mol. The molecule has 0 unspecified atom stereocenters. The van der Waals surface area contributed by atoms with Gasteiger partial charge in [-0.25, -0.2) is 4.98 Å². The molecular formula is C22H26N6O3. The minimum absolute atomic E-state index is 0.0659. The van der Waals surface area contributed by atoms with Crippen LogP contribution in [0.2, 0.25) is 0 Å². The summed E-state index contributed by atoms with van der Waals surface area (Å²) in [5, 5.41) is 4.00. The van der Waals surface area contributed by atoms with Gasteiger partial charge in [0.05, 0.1) is 36.6 Å². The molecule has 1 amide bonds. The maximum atomic E-state index is 12.2. The molecule has 4 heterocycles. The number of hydrogen-bond donors (Lipinski definition) is 2. The number of rotatable bonds is 5. The first-order chi connectivity index (χ1) is 15.3. The van der Waals surface area contributed by atoms with Crippen LogP contribution in [0.5, 0.6) is 5.88 Å². The quantitative estimate of drug-likeness (QED) is 0.650. The molecule has 31 heavy (non-hydrogen) atoms. The van der Waals surface area contributed by atoms with Crippen LogP contribution in [0.1, 0.15) is 36.2 Å². The zero-order valence-electron chi connectivity index (χ0n) is 17.3. The minimum Gasteiger partial charge on any atom is -0.474 e. The van der Waals surface area contributed by atoms with E-state index in [4.69, 9.17) is 14.5 Å². The SMILES string of the molecule is O=C(NC1CCC(Oc2nc(N3CCOCC3)cc3ncccc23)CC1)c1cnc[nH]1. The highest BCUT2D eigenvalue weighted by Gasteiger charge is 2.26. The molecule has 0 spiro atoms. The molecule has 0 atom stereocenters. The molecule has 0 bridgehead atoms. The van der Waals surface area contributed by atoms with Crippen molar-refractivity contribution in [2.24, 2.45) is 0 Å². The fourth-order valence-electron chi connectivity index (χ4n) is 4.20. The Labute approximate surface area is 180 Å². The van der Waals surface area contributed by atoms with E-state index in [1.54, 1.807) is 6.20 Å². The zero-order valence-corrected chi connectivity index (χ0v) is 17.3. The van der Waals surface area contributed by atoms with Crippen LogP contribution >= 0.6 is 0 Å². The maximum absolute atomic E-state index is 12.2. The molecule has 162 valence electrons. The summed E-state index contributed by atoms with van der Waals surface area (Å²) in [4.78, 5) is 30.6. The molecule has 0 aromatic carbocycles. The van der Waals surface area contributed by atoms with Crippen molar-refractivity contribution in [1.29, 1.82) is 0 Å². The van der Waals surface area contributed by atoms with Gasteiger partial charge in [0.1, 0.15) is 17.6 Å². The lowest BCUT2D eigenvalue weighted by molar-refractivity contribution is 0.0887. The van der Waals surface area contributed by atoms with E-state index < -0.39 is 0 Å². The van der Waals surface area contributed by atoms with Crippen LogP contribution in [-0.2, 0) is 4.74 Å². The van der Waals surface area contributed by atoms with Gasteiger partial charge in [-0.2, -0.15) is 4.98 Å². The Balaban J connectivity index is 1.26. The summed E-state index contributed by atoms with van der Waals surface area (Å²) in [5.41, 5.74) is 1.37. The number of carbonyl (C=O) groups excluding carboxylic acids is 1. The standard InChI is InChI=1S/C22H26N6O3/c29-21(19-13-23-14-25-19)26-15-3-5-16(6-4-15)31-22-17-2-1-7-24-18(17)12-20(27-22)28-8-10-30-11-9-28/h1-2,7,12-16H,3-6,8-11H2,(H,23,25)(H,26,29). The fourth-order valence-corrected chi connectivity index (χ4v) is 4.20. The van der Waals surface area contributed by atoms with Gasteiger partial charge < -0.3 is 24.7 Å². The normalized spacial score (nSPS) is 21.7. The molecule has 3 aromatic rings. The Morgan fingerprint density at radius 3 is 2.84 bits per heavy atom. The summed E-state index contributed by atoms with van der Waals surface area (Å²) in [6, 6.07) is 6.08. The summed E-state index contributed by atoms with van der Waals surface area (Å²) in [6.45, 7) is 3.02. The van der Waals surface area contributed by atoms with E-state index in [2.05, 4.69) is 25.2 Å². The lowest BCUT2D eigenvalue weighted by Gasteiger charge is -2.31. The lowest BCUT2D eigenvalue weighted by atomic mass is 9.93. The van der Waals surface area contributed by atoms with Gasteiger partial charge in [-0.1, -0.05) is 0 Å². The molecular weight excluding hydrogens is 396 g/mol. The van der Waals surface area contributed by atoms with Crippen LogP contribution in [0.15, 0.2) is 36.9 Å². The molecule has 1 aliphatic carbocycles. The Morgan fingerprint density at radius 2 is 2.06 bits per heavy atom. The molecule has 3 aromatic heterocycles. The molecule has 2 fully saturated rings. The predicted octanol–water partition coefficient (Wildman–Crippen LogP) is 2.31. The molecule has 1 saturated heterocycles. The van der Waals surface area contributed by atoms with E-state index in [9.17, 15) is 4.79 Å². The summed E-state index contributed by atoms with van der Waals surface area (Å²) in [6.07, 6.45) is 8.36. The maximum Gasteiger partial charge on any atom is 0.269 e. The number of H-pyrrole nitrogens is 1. The van der Waals surface area contributed by atoms with E-state index >= 15 is 0 Å². The Morgan fingerprint density at radius 1 is 1.23 bits per heavy atom. The van der Waals surface area contributed by atoms with Crippen LogP contribution in [0.3, 0.4) is 0 Å². The number of nitrogens with one attached hydrogen (secondary N) is 2. The number of ether oxygens (including phenoxy) is 2. The van der Waals surface area contributed by atoms with Gasteiger partial charge in [-0.15, -0.1) is 0 Å². The summed E-state index contributed by atoms with van der Waals surface area (Å²) < 4.78 is 11.9. The first-order valence-electron chi connectivity index (χ1n) is 10.8. The van der Waals surface area contributed by atoms with Crippen LogP contribution in [0.25, 0.3) is 10.9 Å². The van der Waals surface area contributed by atoms with Crippen molar-refractivity contribution in [3.8, 4) is 5.88 Å². The van der Waals surface area contributed by atoms with Crippen LogP contribution in [-0.4, -0.2) is 64.3 Å². The van der Waals surface area contributed by atoms with Gasteiger partial charge in [0.25, 0.3) is 5.91 Å². The average Bonchev–Trinajstić information content (AvgIpc) is 3.36. The van der Waals surface area contributed by atoms with E-state index in [0.717, 1.165) is 55.5 Å². The second-order valence-corrected chi connectivity index (χ2v) is 7.99. The van der Waals surface area contributed by atoms with E-state index in [-0.39, 0.29) is 18.1 Å². The summed E-state index contributed by atoms with van der Waals surface area (Å²) in [5.74, 6) is 1.40. The Hall–Kier alpha value is -3.20. The smallest absolute Gasteiger partial charge is 0.269 e. The van der Waals surface area contributed by atoms with Crippen LogP contribution < -0.4 is 15.0 Å². The lowest BCUT2D eigenvalue weighted by Crippen LogP contribution is -2.40. The number of morpholine rings is 1. The number of carbonyl (C=O) groups is 1. The van der Waals surface area contributed by atoms with Crippen molar-refractivity contribution in [2.75, 3.05) is 31.2 Å². The van der Waals surface area contributed by atoms with Gasteiger partial charge in [-0.05, 0) is 37.8 Å². The molecule has 2 N–H and O–H groups in total. The van der Waals surface area contributed by atoms with Crippen LogP contribution in [0, 0.1) is 0 Å². The van der Waals surface area contributed by atoms with Crippen molar-refractivity contribution in [1.82, 2.24) is 25.3 Å². The molecule has 2 aliphatic rings. The van der Waals surface area contributed by atoms with Gasteiger partial charge in [0, 0.05) is 31.4 Å². The Kier molecular flexibility index (Phi) is 5.66. The third kappa shape index (κ3) is 4.46. The number of pyridine rings is 2. The fraction of sp³-hybridized carbons (Fsp3) is 0.455. The van der Waals surface area contributed by atoms with Gasteiger partial charge in [0.15, 0.2) is 0 Å². The molecule has 9 heteroatoms. The van der Waals surface area contributed by atoms with Gasteiger partial charge in [0.2, 0.25) is 5.88 Å². The highest BCUT2D eigenvalue weighted by molar-refractivity contribution is 5.92. The van der Waals surface area contributed by atoms with Crippen molar-refractivity contribution in [2.45, 2.75) is 37.8 Å². The molecule has 9 nitrogen and oxygen atoms in total. The average molecular weight is 422 g/mol. The molecule has 1 saturated carbocycles. The van der Waals surface area contributed by atoms with Crippen LogP contribution in [0.4, 0.5) is 5.82 Å². The second-order valence-electron chi connectivity index (χ2n) is 7.99. The highest BCUT2D eigenvalue weighted by Crippen LogP contribution is 2.31. The molecule has 0 radical (unpaired) electrons. The number of nitrogens with zero attached hydrogens (tertiary/aromatic N) is 4. The highest BCUT2D eigenvalue weighted by atomic mass is 16.5. The summed E-state index contributed by atoms with van der Waals surface area (Å²) >= 11 is 0. The van der Waals surface area contributed by atoms with E-state index in [1.807, 2.05) is 18.2 Å². The molecule has 1 aliphatic heterocycles. The van der Waals surface area contributed by atoms with Gasteiger partial charge >= 0.3 is 0 Å². The number of fused-ring (bicyclic) bond motifs is 1. The number of imidazole rings is 1. The van der Waals surface area contributed by atoms with E-state index in [0.29, 0.717) is 24.8 Å². The number of aromatic amines is 1. The largest absolute Gasteiger partial charge is 0.474 e. The zero-order chi connectivity index (χ0) is 21.0. The topological polar surface area (TPSA) is 105 Å². The van der Waals surface area contributed by atoms with E-state index in [1.165, 1.54) is 12.5 Å². The third-order valence-electron chi connectivity index (χ3n) is 5.92. The van der Waals surface area contributed by atoms with Gasteiger partial charge in [-0.3, -0.25) is 9.78 Å². The predicted molar refractivity (Wildman–Crippen MR) is 115 cm³/mol. The molecule has 5 rings (SSSR count). The Bertz CT molecular complexity index is 1030. The summed E-state index contributed by atoms with van der Waals surface area (Å²) in [7, 11) is 0. The minimum atomic E-state index is -0.112. The number of hydrogen-bond acceptors (Lipinski definition) is 7. The van der Waals surface area contributed by atoms with Crippen molar-refractivity contribution >= 4 is 22.6 Å². The third-order valence-corrected chi connectivity index (χ3v) is 5.92. The number of amides is 1.